The third-order valence-electron chi connectivity index (χ3n) is 1.87. The average molecular weight is 174 g/mol. The smallest absolute Gasteiger partial charge is 0.163 e. The van der Waals surface area contributed by atoms with Gasteiger partial charge in [0.15, 0.2) is 5.78 Å². The average Bonchev–Trinajstić information content (AvgIpc) is 1.86. The fourth-order valence-corrected chi connectivity index (χ4v) is 2.35. The molecule has 0 aromatic rings. The summed E-state index contributed by atoms with van der Waals surface area (Å²) in [5.41, 5.74) is 0. The summed E-state index contributed by atoms with van der Waals surface area (Å²) in [6.07, 6.45) is 0.476. The summed E-state index contributed by atoms with van der Waals surface area (Å²) in [6.45, 7) is 4.20. The van der Waals surface area contributed by atoms with Gasteiger partial charge in [-0.3, -0.25) is 4.79 Å². The van der Waals surface area contributed by atoms with E-state index in [2.05, 4.69) is 13.8 Å². The van der Waals surface area contributed by atoms with Crippen LogP contribution in [-0.4, -0.2) is 29.5 Å². The molecule has 0 bridgehead atoms. The van der Waals surface area contributed by atoms with Gasteiger partial charge in [-0.1, -0.05) is 13.8 Å². The Morgan fingerprint density at radius 1 is 1.64 bits per heavy atom. The van der Waals surface area contributed by atoms with E-state index in [0.29, 0.717) is 6.42 Å². The first-order chi connectivity index (χ1) is 5.05. The van der Waals surface area contributed by atoms with Crippen LogP contribution in [0, 0.1) is 0 Å². The Morgan fingerprint density at radius 2 is 2.27 bits per heavy atom. The van der Waals surface area contributed by atoms with Gasteiger partial charge in [-0.25, -0.2) is 0 Å². The van der Waals surface area contributed by atoms with Crippen LogP contribution in [0.1, 0.15) is 20.3 Å². The number of carbonyl (C=O) groups is 1. The third-order valence-corrected chi connectivity index (χ3v) is 3.26. The molecule has 0 saturated carbocycles. The molecule has 0 spiro atoms. The molecule has 0 radical (unpaired) electrons. The first kappa shape index (κ1) is 9.07. The van der Waals surface area contributed by atoms with E-state index < -0.39 is 0 Å². The molecule has 11 heavy (non-hydrogen) atoms. The van der Waals surface area contributed by atoms with Crippen LogP contribution in [0.25, 0.3) is 0 Å². The Kier molecular flexibility index (Phi) is 2.60. The lowest BCUT2D eigenvalue weighted by Gasteiger charge is -2.31. The lowest BCUT2D eigenvalue weighted by molar-refractivity contribution is -0.128. The fourth-order valence-electron chi connectivity index (χ4n) is 1.18. The summed E-state index contributed by atoms with van der Waals surface area (Å²) in [5, 5.41) is 0. The first-order valence-corrected chi connectivity index (χ1v) is 4.73. The molecular weight excluding hydrogens is 160 g/mol. The molecule has 1 aliphatic rings. The molecule has 0 aromatic carbocycles. The SMILES string of the molecule is COC1CSC(C)(C)CC1=O. The molecule has 0 aromatic heterocycles. The van der Waals surface area contributed by atoms with Crippen molar-refractivity contribution in [2.75, 3.05) is 12.9 Å². The molecule has 0 N–H and O–H groups in total. The van der Waals surface area contributed by atoms with Crippen LogP contribution in [0.5, 0.6) is 0 Å². The number of rotatable bonds is 1. The largest absolute Gasteiger partial charge is 0.373 e. The molecule has 0 aliphatic carbocycles. The molecule has 1 saturated heterocycles. The molecular formula is C8H14O2S. The first-order valence-electron chi connectivity index (χ1n) is 3.74. The van der Waals surface area contributed by atoms with Crippen LogP contribution in [0.4, 0.5) is 0 Å². The summed E-state index contributed by atoms with van der Waals surface area (Å²) in [7, 11) is 1.60. The van der Waals surface area contributed by atoms with Gasteiger partial charge < -0.3 is 4.74 Å². The van der Waals surface area contributed by atoms with Crippen molar-refractivity contribution >= 4 is 17.5 Å². The highest BCUT2D eigenvalue weighted by Crippen LogP contribution is 2.34. The van der Waals surface area contributed by atoms with Gasteiger partial charge in [0.2, 0.25) is 0 Å². The number of carbonyl (C=O) groups excluding carboxylic acids is 1. The summed E-state index contributed by atoms with van der Waals surface area (Å²) in [5.74, 6) is 1.05. The van der Waals surface area contributed by atoms with E-state index in [-0.39, 0.29) is 16.6 Å². The Morgan fingerprint density at radius 3 is 2.73 bits per heavy atom. The van der Waals surface area contributed by atoms with Crippen molar-refractivity contribution in [2.45, 2.75) is 31.1 Å². The second kappa shape index (κ2) is 3.15. The number of hydrogen-bond donors (Lipinski definition) is 0. The maximum atomic E-state index is 11.3. The van der Waals surface area contributed by atoms with Crippen molar-refractivity contribution in [3.63, 3.8) is 0 Å². The number of ether oxygens (including phenoxy) is 1. The van der Waals surface area contributed by atoms with Gasteiger partial charge in [0, 0.05) is 24.0 Å². The zero-order chi connectivity index (χ0) is 8.48. The zero-order valence-electron chi connectivity index (χ0n) is 7.22. The highest BCUT2D eigenvalue weighted by Gasteiger charge is 2.33. The van der Waals surface area contributed by atoms with Crippen LogP contribution in [0.2, 0.25) is 0 Å². The van der Waals surface area contributed by atoms with Crippen LogP contribution in [-0.2, 0) is 9.53 Å². The van der Waals surface area contributed by atoms with Crippen molar-refractivity contribution in [1.82, 2.24) is 0 Å². The molecule has 1 fully saturated rings. The number of ketones is 1. The van der Waals surface area contributed by atoms with Gasteiger partial charge >= 0.3 is 0 Å². The third kappa shape index (κ3) is 2.20. The molecule has 1 aliphatic heterocycles. The van der Waals surface area contributed by atoms with Crippen LogP contribution < -0.4 is 0 Å². The quantitative estimate of drug-likeness (QED) is 0.602. The summed E-state index contributed by atoms with van der Waals surface area (Å²) in [4.78, 5) is 11.3. The topological polar surface area (TPSA) is 26.3 Å². The molecule has 2 nitrogen and oxygen atoms in total. The van der Waals surface area contributed by atoms with Gasteiger partial charge in [0.25, 0.3) is 0 Å². The van der Waals surface area contributed by atoms with Crippen LogP contribution in [0.15, 0.2) is 0 Å². The maximum Gasteiger partial charge on any atom is 0.163 e. The van der Waals surface area contributed by atoms with E-state index in [0.717, 1.165) is 5.75 Å². The fraction of sp³-hybridized carbons (Fsp3) is 0.875. The predicted molar refractivity (Wildman–Crippen MR) is 47.0 cm³/mol. The molecule has 1 rings (SSSR count). The Balaban J connectivity index is 2.55. The zero-order valence-corrected chi connectivity index (χ0v) is 8.03. The highest BCUT2D eigenvalue weighted by atomic mass is 32.2. The summed E-state index contributed by atoms with van der Waals surface area (Å²) in [6, 6.07) is 0. The molecule has 1 heterocycles. The highest BCUT2D eigenvalue weighted by molar-refractivity contribution is 8.00. The number of hydrogen-bond acceptors (Lipinski definition) is 3. The van der Waals surface area contributed by atoms with Crippen molar-refractivity contribution in [3.8, 4) is 0 Å². The van der Waals surface area contributed by atoms with Crippen molar-refractivity contribution in [1.29, 1.82) is 0 Å². The Bertz CT molecular complexity index is 165. The van der Waals surface area contributed by atoms with Crippen LogP contribution in [0.3, 0.4) is 0 Å². The van der Waals surface area contributed by atoms with Crippen molar-refractivity contribution < 1.29 is 9.53 Å². The van der Waals surface area contributed by atoms with E-state index in [1.165, 1.54) is 0 Å². The predicted octanol–water partition coefficient (Wildman–Crippen LogP) is 1.49. The molecule has 64 valence electrons. The van der Waals surface area contributed by atoms with Gasteiger partial charge in [-0.2, -0.15) is 11.8 Å². The van der Waals surface area contributed by atoms with E-state index in [4.69, 9.17) is 4.74 Å². The minimum Gasteiger partial charge on any atom is -0.373 e. The van der Waals surface area contributed by atoms with E-state index in [1.807, 2.05) is 11.8 Å². The van der Waals surface area contributed by atoms with Crippen LogP contribution >= 0.6 is 11.8 Å². The Hall–Kier alpha value is -0.0200. The van der Waals surface area contributed by atoms with Gasteiger partial charge in [-0.15, -0.1) is 0 Å². The van der Waals surface area contributed by atoms with Crippen molar-refractivity contribution in [3.05, 3.63) is 0 Å². The normalized spacial score (nSPS) is 30.5. The lowest BCUT2D eigenvalue weighted by atomic mass is 10.0. The van der Waals surface area contributed by atoms with E-state index in [1.54, 1.807) is 7.11 Å². The van der Waals surface area contributed by atoms with Gasteiger partial charge in [-0.05, 0) is 0 Å². The summed E-state index contributed by atoms with van der Waals surface area (Å²) >= 11 is 1.81. The molecule has 3 heteroatoms. The maximum absolute atomic E-state index is 11.3. The molecule has 1 atom stereocenters. The lowest BCUT2D eigenvalue weighted by Crippen LogP contribution is -2.38. The number of methoxy groups -OCH3 is 1. The Labute approximate surface area is 71.7 Å². The number of Topliss-reactive ketones (excluding diaryl/α,β-unsaturated/α-hetero) is 1. The summed E-state index contributed by atoms with van der Waals surface area (Å²) < 4.78 is 5.14. The van der Waals surface area contributed by atoms with Crippen molar-refractivity contribution in [2.24, 2.45) is 0 Å². The van der Waals surface area contributed by atoms with E-state index in [9.17, 15) is 4.79 Å². The van der Waals surface area contributed by atoms with Gasteiger partial charge in [0.1, 0.15) is 6.10 Å². The van der Waals surface area contributed by atoms with E-state index >= 15 is 0 Å². The molecule has 0 amide bonds. The number of thioether (sulfide) groups is 1. The standard InChI is InChI=1S/C8H14O2S/c1-8(2)4-6(9)7(10-3)5-11-8/h7H,4-5H2,1-3H3. The minimum atomic E-state index is -0.159. The minimum absolute atomic E-state index is 0.117. The molecule has 1 unspecified atom stereocenters. The second-order valence-corrected chi connectivity index (χ2v) is 5.17. The second-order valence-electron chi connectivity index (χ2n) is 3.44. The monoisotopic (exact) mass is 174 g/mol. The van der Waals surface area contributed by atoms with Gasteiger partial charge in [0.05, 0.1) is 0 Å².